The van der Waals surface area contributed by atoms with Crippen LogP contribution in [0.15, 0.2) is 48.8 Å². The summed E-state index contributed by atoms with van der Waals surface area (Å²) >= 11 is 0. The molecule has 2 aromatic rings. The molecule has 0 spiro atoms. The number of aromatic nitrogens is 1. The summed E-state index contributed by atoms with van der Waals surface area (Å²) < 4.78 is 1.91. The van der Waals surface area contributed by atoms with E-state index in [-0.39, 0.29) is 5.91 Å². The Kier molecular flexibility index (Phi) is 4.88. The summed E-state index contributed by atoms with van der Waals surface area (Å²) in [4.78, 5) is 12.0. The van der Waals surface area contributed by atoms with E-state index in [0.717, 1.165) is 18.4 Å². The molecule has 1 N–H and O–H groups in total. The summed E-state index contributed by atoms with van der Waals surface area (Å²) in [7, 11) is 1.93. The van der Waals surface area contributed by atoms with Crippen molar-refractivity contribution >= 4 is 5.91 Å². The van der Waals surface area contributed by atoms with E-state index in [1.807, 2.05) is 36.1 Å². The van der Waals surface area contributed by atoms with Gasteiger partial charge in [0.1, 0.15) is 7.05 Å². The predicted octanol–water partition coefficient (Wildman–Crippen LogP) is 2.39. The minimum absolute atomic E-state index is 0.0387. The van der Waals surface area contributed by atoms with Crippen LogP contribution in [0, 0.1) is 0 Å². The van der Waals surface area contributed by atoms with Crippen molar-refractivity contribution < 1.29 is 9.36 Å². The molecule has 3 heteroatoms. The second kappa shape index (κ2) is 6.85. The number of carbonyl (C=O) groups is 1. The van der Waals surface area contributed by atoms with E-state index in [0.29, 0.717) is 12.1 Å². The Bertz CT molecular complexity index is 559. The summed E-state index contributed by atoms with van der Waals surface area (Å²) in [6, 6.07) is 12.1. The molecular formula is C17H21N2O+. The molecule has 1 aromatic carbocycles. The fourth-order valence-corrected chi connectivity index (χ4v) is 2.05. The zero-order valence-electron chi connectivity index (χ0n) is 12.1. The molecule has 0 atom stereocenters. The van der Waals surface area contributed by atoms with Gasteiger partial charge in [0.25, 0.3) is 5.91 Å². The van der Waals surface area contributed by atoms with Crippen molar-refractivity contribution in [1.82, 2.24) is 5.32 Å². The van der Waals surface area contributed by atoms with E-state index >= 15 is 0 Å². The van der Waals surface area contributed by atoms with Crippen LogP contribution < -0.4 is 9.88 Å². The average molecular weight is 269 g/mol. The van der Waals surface area contributed by atoms with Crippen LogP contribution in [0.25, 0.3) is 0 Å². The topological polar surface area (TPSA) is 33.0 Å². The highest BCUT2D eigenvalue weighted by molar-refractivity contribution is 5.93. The lowest BCUT2D eigenvalue weighted by Gasteiger charge is -2.06. The summed E-state index contributed by atoms with van der Waals surface area (Å²) in [5.74, 6) is -0.0387. The molecule has 0 saturated carbocycles. The molecule has 0 unspecified atom stereocenters. The number of aryl methyl sites for hydroxylation is 2. The lowest BCUT2D eigenvalue weighted by Crippen LogP contribution is -2.28. The molecule has 0 aliphatic carbocycles. The van der Waals surface area contributed by atoms with Crippen LogP contribution in [0.5, 0.6) is 0 Å². The number of benzene rings is 1. The van der Waals surface area contributed by atoms with Crippen molar-refractivity contribution in [2.24, 2.45) is 7.05 Å². The van der Waals surface area contributed by atoms with E-state index in [4.69, 9.17) is 0 Å². The van der Waals surface area contributed by atoms with Gasteiger partial charge in [-0.3, -0.25) is 4.79 Å². The Balaban J connectivity index is 1.91. The van der Waals surface area contributed by atoms with Crippen molar-refractivity contribution in [3.05, 3.63) is 65.5 Å². The van der Waals surface area contributed by atoms with Crippen LogP contribution in [0.3, 0.4) is 0 Å². The Labute approximate surface area is 120 Å². The number of nitrogens with zero attached hydrogens (tertiary/aromatic N) is 1. The number of rotatable bonds is 5. The first kappa shape index (κ1) is 14.3. The number of hydrogen-bond donors (Lipinski definition) is 1. The molecule has 0 aliphatic rings. The first-order valence-corrected chi connectivity index (χ1v) is 7.00. The lowest BCUT2D eigenvalue weighted by molar-refractivity contribution is -0.671. The molecule has 20 heavy (non-hydrogen) atoms. The van der Waals surface area contributed by atoms with Crippen LogP contribution in [-0.2, 0) is 20.0 Å². The van der Waals surface area contributed by atoms with E-state index < -0.39 is 0 Å². The monoisotopic (exact) mass is 269 g/mol. The first-order chi connectivity index (χ1) is 9.69. The molecular weight excluding hydrogens is 248 g/mol. The summed E-state index contributed by atoms with van der Waals surface area (Å²) in [5, 5.41) is 2.94. The minimum atomic E-state index is -0.0387. The van der Waals surface area contributed by atoms with Gasteiger partial charge >= 0.3 is 0 Å². The maximum atomic E-state index is 12.0. The molecule has 1 amide bonds. The Morgan fingerprint density at radius 2 is 1.65 bits per heavy atom. The van der Waals surface area contributed by atoms with Gasteiger partial charge in [-0.1, -0.05) is 37.6 Å². The molecule has 0 radical (unpaired) electrons. The second-order valence-electron chi connectivity index (χ2n) is 5.00. The highest BCUT2D eigenvalue weighted by atomic mass is 16.1. The average Bonchev–Trinajstić information content (AvgIpc) is 2.47. The smallest absolute Gasteiger partial charge is 0.252 e. The quantitative estimate of drug-likeness (QED) is 0.831. The summed E-state index contributed by atoms with van der Waals surface area (Å²) in [6.45, 7) is 2.74. The second-order valence-corrected chi connectivity index (χ2v) is 5.00. The zero-order chi connectivity index (χ0) is 14.4. The molecule has 0 saturated heterocycles. The third-order valence-electron chi connectivity index (χ3n) is 3.26. The van der Waals surface area contributed by atoms with Gasteiger partial charge in [-0.25, -0.2) is 4.57 Å². The maximum absolute atomic E-state index is 12.0. The van der Waals surface area contributed by atoms with Crippen molar-refractivity contribution in [1.29, 1.82) is 0 Å². The predicted molar refractivity (Wildman–Crippen MR) is 79.2 cm³/mol. The Morgan fingerprint density at radius 3 is 2.25 bits per heavy atom. The summed E-state index contributed by atoms with van der Waals surface area (Å²) in [6.07, 6.45) is 6.00. The third-order valence-corrected chi connectivity index (χ3v) is 3.26. The molecule has 3 nitrogen and oxygen atoms in total. The van der Waals surface area contributed by atoms with Gasteiger partial charge in [-0.2, -0.15) is 0 Å². The van der Waals surface area contributed by atoms with Crippen LogP contribution in [0.1, 0.15) is 34.8 Å². The van der Waals surface area contributed by atoms with Crippen molar-refractivity contribution in [3.63, 3.8) is 0 Å². The molecule has 1 aromatic heterocycles. The number of pyridine rings is 1. The van der Waals surface area contributed by atoms with Gasteiger partial charge in [0.2, 0.25) is 0 Å². The van der Waals surface area contributed by atoms with E-state index in [9.17, 15) is 4.79 Å². The van der Waals surface area contributed by atoms with Crippen molar-refractivity contribution in [2.75, 3.05) is 0 Å². The zero-order valence-corrected chi connectivity index (χ0v) is 12.1. The number of nitrogens with one attached hydrogen (secondary N) is 1. The van der Waals surface area contributed by atoms with Crippen LogP contribution >= 0.6 is 0 Å². The highest BCUT2D eigenvalue weighted by Crippen LogP contribution is 2.07. The van der Waals surface area contributed by atoms with Gasteiger partial charge < -0.3 is 5.32 Å². The van der Waals surface area contributed by atoms with E-state index in [1.54, 1.807) is 0 Å². The Morgan fingerprint density at radius 1 is 1.05 bits per heavy atom. The molecule has 0 aliphatic heterocycles. The molecule has 0 bridgehead atoms. The highest BCUT2D eigenvalue weighted by Gasteiger charge is 2.06. The van der Waals surface area contributed by atoms with Crippen molar-refractivity contribution in [2.45, 2.75) is 26.3 Å². The SMILES string of the molecule is CCCc1ccc(CNC(=O)c2cc[n+](C)cc2)cc1. The summed E-state index contributed by atoms with van der Waals surface area (Å²) in [5.41, 5.74) is 3.16. The largest absolute Gasteiger partial charge is 0.348 e. The van der Waals surface area contributed by atoms with Crippen LogP contribution in [-0.4, -0.2) is 5.91 Å². The van der Waals surface area contributed by atoms with Crippen LogP contribution in [0.4, 0.5) is 0 Å². The molecule has 2 rings (SSSR count). The van der Waals surface area contributed by atoms with Gasteiger partial charge in [-0.15, -0.1) is 0 Å². The number of amides is 1. The molecule has 104 valence electrons. The molecule has 0 fully saturated rings. The van der Waals surface area contributed by atoms with Gasteiger partial charge in [0.05, 0.1) is 5.56 Å². The Hall–Kier alpha value is -2.16. The minimum Gasteiger partial charge on any atom is -0.348 e. The standard InChI is InChI=1S/C17H20N2O/c1-3-4-14-5-7-15(8-6-14)13-18-17(20)16-9-11-19(2)12-10-16/h5-12H,3-4,13H2,1-2H3/p+1. The first-order valence-electron chi connectivity index (χ1n) is 7.00. The van der Waals surface area contributed by atoms with E-state index in [2.05, 4.69) is 36.5 Å². The fourth-order valence-electron chi connectivity index (χ4n) is 2.05. The molecule has 1 heterocycles. The maximum Gasteiger partial charge on any atom is 0.252 e. The number of hydrogen-bond acceptors (Lipinski definition) is 1. The van der Waals surface area contributed by atoms with Gasteiger partial charge in [-0.05, 0) is 17.5 Å². The van der Waals surface area contributed by atoms with E-state index in [1.165, 1.54) is 5.56 Å². The van der Waals surface area contributed by atoms with Crippen LogP contribution in [0.2, 0.25) is 0 Å². The normalized spacial score (nSPS) is 10.3. The number of carbonyl (C=O) groups excluding carboxylic acids is 1. The third kappa shape index (κ3) is 3.92. The van der Waals surface area contributed by atoms with Gasteiger partial charge in [0, 0.05) is 18.7 Å². The fraction of sp³-hybridized carbons (Fsp3) is 0.294. The van der Waals surface area contributed by atoms with Crippen molar-refractivity contribution in [3.8, 4) is 0 Å². The van der Waals surface area contributed by atoms with Gasteiger partial charge in [0.15, 0.2) is 12.4 Å². The lowest BCUT2D eigenvalue weighted by atomic mass is 10.1.